The molecule has 1 aromatic rings. The van der Waals surface area contributed by atoms with Crippen molar-refractivity contribution in [2.45, 2.75) is 20.4 Å². The zero-order valence-corrected chi connectivity index (χ0v) is 6.87. The molecule has 0 unspecified atom stereocenters. The average Bonchev–Trinajstić information content (AvgIpc) is 2.32. The minimum absolute atomic E-state index is 0.585. The molecule has 0 spiro atoms. The Labute approximate surface area is 66.0 Å². The smallest absolute Gasteiger partial charge is 0.214 e. The molecular formula is C8H12N2O. The van der Waals surface area contributed by atoms with E-state index in [1.807, 2.05) is 17.8 Å². The first kappa shape index (κ1) is 6.70. The Hall–Kier alpha value is -0.990. The zero-order valence-electron chi connectivity index (χ0n) is 6.87. The predicted octanol–water partition coefficient (Wildman–Crippen LogP) is 1.22. The molecule has 0 aliphatic carbocycles. The summed E-state index contributed by atoms with van der Waals surface area (Å²) in [4.78, 5) is 0. The summed E-state index contributed by atoms with van der Waals surface area (Å²) in [5, 5.41) is 4.20. The van der Waals surface area contributed by atoms with Gasteiger partial charge >= 0.3 is 0 Å². The van der Waals surface area contributed by atoms with E-state index in [0.29, 0.717) is 5.92 Å². The summed E-state index contributed by atoms with van der Waals surface area (Å²) in [7, 11) is 0. The van der Waals surface area contributed by atoms with Crippen molar-refractivity contribution in [3.63, 3.8) is 0 Å². The number of rotatable bonds is 0. The lowest BCUT2D eigenvalue weighted by molar-refractivity contribution is 0.174. The van der Waals surface area contributed by atoms with Crippen LogP contribution in [0.1, 0.15) is 12.5 Å². The quantitative estimate of drug-likeness (QED) is 0.559. The second kappa shape index (κ2) is 2.26. The first-order valence-corrected chi connectivity index (χ1v) is 3.92. The van der Waals surface area contributed by atoms with Crippen LogP contribution in [0.15, 0.2) is 6.20 Å². The molecule has 1 atom stereocenters. The Balaban J connectivity index is 2.36. The van der Waals surface area contributed by atoms with Crippen LogP contribution in [0.5, 0.6) is 5.88 Å². The van der Waals surface area contributed by atoms with E-state index >= 15 is 0 Å². The maximum absolute atomic E-state index is 5.51. The van der Waals surface area contributed by atoms with E-state index in [4.69, 9.17) is 4.74 Å². The third kappa shape index (κ3) is 1.00. The molecule has 3 heteroatoms. The molecule has 2 rings (SSSR count). The van der Waals surface area contributed by atoms with Crippen LogP contribution in [0.25, 0.3) is 0 Å². The van der Waals surface area contributed by atoms with Gasteiger partial charge in [0.05, 0.1) is 19.3 Å². The summed E-state index contributed by atoms with van der Waals surface area (Å²) in [5.41, 5.74) is 1.14. The number of aryl methyl sites for hydroxylation is 1. The van der Waals surface area contributed by atoms with Gasteiger partial charge in [-0.3, -0.25) is 0 Å². The molecule has 0 saturated heterocycles. The van der Waals surface area contributed by atoms with Crippen LogP contribution in [0.3, 0.4) is 0 Å². The van der Waals surface area contributed by atoms with Gasteiger partial charge in [0.25, 0.3) is 0 Å². The minimum Gasteiger partial charge on any atom is -0.477 e. The topological polar surface area (TPSA) is 27.1 Å². The van der Waals surface area contributed by atoms with Crippen LogP contribution >= 0.6 is 0 Å². The van der Waals surface area contributed by atoms with Gasteiger partial charge < -0.3 is 4.74 Å². The zero-order chi connectivity index (χ0) is 7.84. The molecule has 0 fully saturated rings. The predicted molar refractivity (Wildman–Crippen MR) is 41.6 cm³/mol. The summed E-state index contributed by atoms with van der Waals surface area (Å²) in [6, 6.07) is 0. The van der Waals surface area contributed by atoms with Crippen molar-refractivity contribution < 1.29 is 4.74 Å². The number of aromatic nitrogens is 2. The molecule has 0 radical (unpaired) electrons. The van der Waals surface area contributed by atoms with Crippen molar-refractivity contribution in [1.29, 1.82) is 0 Å². The van der Waals surface area contributed by atoms with E-state index in [2.05, 4.69) is 12.0 Å². The molecule has 3 nitrogen and oxygen atoms in total. The van der Waals surface area contributed by atoms with Crippen LogP contribution in [-0.2, 0) is 6.54 Å². The Kier molecular flexibility index (Phi) is 1.37. The Bertz CT molecular complexity index is 267. The van der Waals surface area contributed by atoms with E-state index in [9.17, 15) is 0 Å². The van der Waals surface area contributed by atoms with E-state index in [0.717, 1.165) is 24.6 Å². The van der Waals surface area contributed by atoms with Crippen LogP contribution in [0, 0.1) is 12.8 Å². The highest BCUT2D eigenvalue weighted by atomic mass is 16.5. The average molecular weight is 152 g/mol. The van der Waals surface area contributed by atoms with Gasteiger partial charge in [0.1, 0.15) is 0 Å². The van der Waals surface area contributed by atoms with E-state index in [1.54, 1.807) is 0 Å². The van der Waals surface area contributed by atoms with Gasteiger partial charge in [-0.15, -0.1) is 0 Å². The Morgan fingerprint density at radius 1 is 1.73 bits per heavy atom. The summed E-state index contributed by atoms with van der Waals surface area (Å²) >= 11 is 0. The third-order valence-electron chi connectivity index (χ3n) is 1.95. The van der Waals surface area contributed by atoms with Crippen molar-refractivity contribution in [1.82, 2.24) is 9.78 Å². The van der Waals surface area contributed by atoms with Crippen molar-refractivity contribution in [2.24, 2.45) is 5.92 Å². The van der Waals surface area contributed by atoms with E-state index in [-0.39, 0.29) is 0 Å². The lowest BCUT2D eigenvalue weighted by Crippen LogP contribution is -2.23. The van der Waals surface area contributed by atoms with Crippen molar-refractivity contribution in [3.8, 4) is 5.88 Å². The fraction of sp³-hybridized carbons (Fsp3) is 0.625. The van der Waals surface area contributed by atoms with Gasteiger partial charge in [-0.05, 0) is 6.92 Å². The van der Waals surface area contributed by atoms with E-state index in [1.165, 1.54) is 0 Å². The first-order valence-electron chi connectivity index (χ1n) is 3.92. The van der Waals surface area contributed by atoms with E-state index < -0.39 is 0 Å². The molecule has 11 heavy (non-hydrogen) atoms. The second-order valence-corrected chi connectivity index (χ2v) is 3.23. The van der Waals surface area contributed by atoms with Crippen LogP contribution < -0.4 is 4.74 Å². The molecule has 1 aromatic heterocycles. The number of hydrogen-bond donors (Lipinski definition) is 0. The fourth-order valence-electron chi connectivity index (χ4n) is 1.36. The number of ether oxygens (including phenoxy) is 1. The van der Waals surface area contributed by atoms with Crippen LogP contribution in [0.4, 0.5) is 0 Å². The molecular weight excluding hydrogens is 140 g/mol. The molecule has 0 aromatic carbocycles. The van der Waals surface area contributed by atoms with Crippen LogP contribution in [-0.4, -0.2) is 16.4 Å². The summed E-state index contributed by atoms with van der Waals surface area (Å²) in [5.74, 6) is 1.53. The van der Waals surface area contributed by atoms with Gasteiger partial charge in [0.15, 0.2) is 0 Å². The van der Waals surface area contributed by atoms with Gasteiger partial charge in [0, 0.05) is 11.5 Å². The van der Waals surface area contributed by atoms with Gasteiger partial charge in [-0.2, -0.15) is 5.10 Å². The fourth-order valence-corrected chi connectivity index (χ4v) is 1.36. The second-order valence-electron chi connectivity index (χ2n) is 3.23. The largest absolute Gasteiger partial charge is 0.477 e. The summed E-state index contributed by atoms with van der Waals surface area (Å²) in [6.45, 7) is 6.00. The molecule has 0 saturated carbocycles. The molecule has 0 bridgehead atoms. The Morgan fingerprint density at radius 2 is 2.55 bits per heavy atom. The SMILES string of the molecule is Cc1cnn2c1OC[C@@H](C)C2. The normalized spacial score (nSPS) is 22.5. The standard InChI is InChI=1S/C8H12N2O/c1-6-4-10-8(11-5-6)7(2)3-9-10/h3,6H,4-5H2,1-2H3/t6-/m0/s1. The molecule has 1 aliphatic rings. The number of fused-ring (bicyclic) bond motifs is 1. The first-order chi connectivity index (χ1) is 5.27. The van der Waals surface area contributed by atoms with Crippen molar-refractivity contribution in [3.05, 3.63) is 11.8 Å². The monoisotopic (exact) mass is 152 g/mol. The summed E-state index contributed by atoms with van der Waals surface area (Å²) in [6.07, 6.45) is 1.85. The maximum Gasteiger partial charge on any atom is 0.214 e. The highest BCUT2D eigenvalue weighted by molar-refractivity contribution is 5.23. The lowest BCUT2D eigenvalue weighted by atomic mass is 10.2. The molecule has 0 amide bonds. The molecule has 1 aliphatic heterocycles. The van der Waals surface area contributed by atoms with Gasteiger partial charge in [0.2, 0.25) is 5.88 Å². The van der Waals surface area contributed by atoms with Crippen LogP contribution in [0.2, 0.25) is 0 Å². The van der Waals surface area contributed by atoms with Gasteiger partial charge in [-0.25, -0.2) is 4.68 Å². The highest BCUT2D eigenvalue weighted by Gasteiger charge is 2.17. The molecule has 0 N–H and O–H groups in total. The van der Waals surface area contributed by atoms with Crippen molar-refractivity contribution >= 4 is 0 Å². The molecule has 2 heterocycles. The third-order valence-corrected chi connectivity index (χ3v) is 1.95. The molecule has 60 valence electrons. The van der Waals surface area contributed by atoms with Gasteiger partial charge in [-0.1, -0.05) is 6.92 Å². The number of hydrogen-bond acceptors (Lipinski definition) is 2. The lowest BCUT2D eigenvalue weighted by Gasteiger charge is -2.21. The highest BCUT2D eigenvalue weighted by Crippen LogP contribution is 2.22. The minimum atomic E-state index is 0.585. The maximum atomic E-state index is 5.51. The van der Waals surface area contributed by atoms with Crippen molar-refractivity contribution in [2.75, 3.05) is 6.61 Å². The summed E-state index contributed by atoms with van der Waals surface area (Å²) < 4.78 is 7.44. The Morgan fingerprint density at radius 3 is 3.36 bits per heavy atom. The number of nitrogens with zero attached hydrogens (tertiary/aromatic N) is 2.